The number of thioether (sulfide) groups is 1. The molecule has 240 valence electrons. The molecule has 7 rings (SSSR count). The minimum Gasteiger partial charge on any atom is -0.489 e. The lowest BCUT2D eigenvalue weighted by molar-refractivity contribution is -0.0604. The highest BCUT2D eigenvalue weighted by Gasteiger charge is 2.53. The first kappa shape index (κ1) is 30.1. The number of pyridine rings is 1. The third-order valence-corrected chi connectivity index (χ3v) is 9.98. The van der Waals surface area contributed by atoms with Gasteiger partial charge in [0, 0.05) is 60.1 Å². The second-order valence-corrected chi connectivity index (χ2v) is 12.3. The van der Waals surface area contributed by atoms with Crippen molar-refractivity contribution in [2.45, 2.75) is 41.2 Å². The Morgan fingerprint density at radius 1 is 1.15 bits per heavy atom. The van der Waals surface area contributed by atoms with E-state index in [1.165, 1.54) is 28.7 Å². The van der Waals surface area contributed by atoms with Gasteiger partial charge in [0.15, 0.2) is 17.3 Å². The summed E-state index contributed by atoms with van der Waals surface area (Å²) in [5.74, 6) is -2.58. The average molecular weight is 654 g/mol. The van der Waals surface area contributed by atoms with Crippen LogP contribution in [-0.4, -0.2) is 67.6 Å². The topological polar surface area (TPSA) is 109 Å². The Morgan fingerprint density at radius 3 is 2.74 bits per heavy atom. The highest BCUT2D eigenvalue weighted by molar-refractivity contribution is 7.98. The lowest BCUT2D eigenvalue weighted by Crippen LogP contribution is -2.67. The molecule has 4 aliphatic rings. The third kappa shape index (κ3) is 4.78. The van der Waals surface area contributed by atoms with E-state index in [-0.39, 0.29) is 47.9 Å². The monoisotopic (exact) mass is 653 g/mol. The lowest BCUT2D eigenvalue weighted by atomic mass is 9.72. The zero-order valence-corrected chi connectivity index (χ0v) is 25.7. The summed E-state index contributed by atoms with van der Waals surface area (Å²) in [5, 5.41) is 1.82. The Labute approximate surface area is 266 Å². The highest BCUT2D eigenvalue weighted by Crippen LogP contribution is 2.50. The van der Waals surface area contributed by atoms with Gasteiger partial charge in [-0.1, -0.05) is 24.3 Å². The lowest BCUT2D eigenvalue weighted by Gasteiger charge is -2.56. The smallest absolute Gasteiger partial charge is 0.489 e. The van der Waals surface area contributed by atoms with Crippen LogP contribution in [0.4, 0.5) is 13.6 Å². The molecule has 0 saturated heterocycles. The number of benzene rings is 2. The normalized spacial score (nSPS) is 23.4. The minimum absolute atomic E-state index is 0.00484. The molecule has 1 spiro atoms. The van der Waals surface area contributed by atoms with Crippen molar-refractivity contribution in [2.75, 3.05) is 39.3 Å². The van der Waals surface area contributed by atoms with Gasteiger partial charge in [-0.15, -0.1) is 11.8 Å². The number of aromatic nitrogens is 1. The summed E-state index contributed by atoms with van der Waals surface area (Å²) in [5.41, 5.74) is -0.286. The van der Waals surface area contributed by atoms with E-state index in [1.54, 1.807) is 18.1 Å². The molecule has 4 heterocycles. The average Bonchev–Trinajstić information content (AvgIpc) is 3.22. The molecule has 3 aromatic rings. The predicted octanol–water partition coefficient (Wildman–Crippen LogP) is 4.49. The van der Waals surface area contributed by atoms with E-state index < -0.39 is 47.5 Å². The van der Waals surface area contributed by atoms with Crippen molar-refractivity contribution in [2.24, 2.45) is 0 Å². The van der Waals surface area contributed by atoms with Gasteiger partial charge < -0.3 is 28.6 Å². The minimum atomic E-state index is -1.03. The van der Waals surface area contributed by atoms with Crippen LogP contribution in [0, 0.1) is 11.6 Å². The van der Waals surface area contributed by atoms with Crippen molar-refractivity contribution < 1.29 is 42.1 Å². The standard InChI is InChI=1S/C32H29F2N3O8S/c1-41-18-13-32(14-18)9-5-11-43-23-12-21(33)26(34)20-15-46-24-7-4-3-6-19(24)27(25(20)23)37-16-35(32)30(39)28-29(22(38)8-10-36(28)37)44-17-45-31(40)42-2/h3-10,12,18,27H,11,13-17H2,1-2H3/b9-5+. The van der Waals surface area contributed by atoms with Crippen molar-refractivity contribution >= 4 is 23.8 Å². The Kier molecular flexibility index (Phi) is 7.64. The zero-order valence-electron chi connectivity index (χ0n) is 24.9. The maximum atomic E-state index is 15.7. The molecule has 1 atom stereocenters. The van der Waals surface area contributed by atoms with Gasteiger partial charge in [-0.05, 0) is 17.7 Å². The summed E-state index contributed by atoms with van der Waals surface area (Å²) in [7, 11) is 2.73. The first-order chi connectivity index (χ1) is 22.3. The van der Waals surface area contributed by atoms with Crippen molar-refractivity contribution in [3.63, 3.8) is 0 Å². The summed E-state index contributed by atoms with van der Waals surface area (Å²) >= 11 is 1.37. The quantitative estimate of drug-likeness (QED) is 0.227. The second-order valence-electron chi connectivity index (χ2n) is 11.3. The number of rotatable bonds is 4. The van der Waals surface area contributed by atoms with Gasteiger partial charge in [-0.3, -0.25) is 19.3 Å². The Balaban J connectivity index is 1.49. The van der Waals surface area contributed by atoms with Gasteiger partial charge in [0.05, 0.1) is 18.8 Å². The summed E-state index contributed by atoms with van der Waals surface area (Å²) in [6, 6.07) is 9.00. The molecule has 3 aliphatic heterocycles. The fraction of sp³-hybridized carbons (Fsp3) is 0.344. The first-order valence-electron chi connectivity index (χ1n) is 14.5. The molecule has 0 radical (unpaired) electrons. The molecular weight excluding hydrogens is 624 g/mol. The van der Waals surface area contributed by atoms with Crippen LogP contribution in [0.1, 0.15) is 46.1 Å². The molecule has 1 fully saturated rings. The molecule has 1 amide bonds. The van der Waals surface area contributed by atoms with Crippen LogP contribution >= 0.6 is 11.8 Å². The number of fused-ring (bicyclic) bond motifs is 8. The summed E-state index contributed by atoms with van der Waals surface area (Å²) < 4.78 is 59.1. The molecule has 2 aromatic carbocycles. The number of ether oxygens (including phenoxy) is 5. The van der Waals surface area contributed by atoms with Crippen molar-refractivity contribution in [1.29, 1.82) is 0 Å². The first-order valence-corrected chi connectivity index (χ1v) is 15.5. The number of hydrogen-bond donors (Lipinski definition) is 0. The number of hydrogen-bond acceptors (Lipinski definition) is 10. The van der Waals surface area contributed by atoms with E-state index in [0.717, 1.165) is 23.6 Å². The zero-order chi connectivity index (χ0) is 32.2. The number of amides is 1. The van der Waals surface area contributed by atoms with Crippen molar-refractivity contribution in [3.8, 4) is 11.5 Å². The van der Waals surface area contributed by atoms with Crippen LogP contribution in [0.25, 0.3) is 0 Å². The largest absolute Gasteiger partial charge is 0.510 e. The SMILES string of the molecule is COC(=O)OCOc1c2n(ccc1=O)N1CN(C2=O)C2(/C=C/COc3cc(F)c(F)c4c3C1c1ccccc1SC4)CC(OC)C2. The maximum Gasteiger partial charge on any atom is 0.510 e. The number of nitrogens with zero attached hydrogens (tertiary/aromatic N) is 3. The second kappa shape index (κ2) is 11.7. The molecule has 1 aliphatic carbocycles. The van der Waals surface area contributed by atoms with E-state index in [9.17, 15) is 14.4 Å². The maximum absolute atomic E-state index is 15.7. The van der Waals surface area contributed by atoms with Gasteiger partial charge in [0.2, 0.25) is 18.0 Å². The fourth-order valence-corrected chi connectivity index (χ4v) is 7.74. The predicted molar refractivity (Wildman–Crippen MR) is 161 cm³/mol. The molecule has 46 heavy (non-hydrogen) atoms. The van der Waals surface area contributed by atoms with Crippen LogP contribution in [0.2, 0.25) is 0 Å². The molecule has 1 saturated carbocycles. The highest BCUT2D eigenvalue weighted by atomic mass is 32.2. The van der Waals surface area contributed by atoms with Crippen LogP contribution < -0.4 is 19.9 Å². The van der Waals surface area contributed by atoms with E-state index in [2.05, 4.69) is 4.74 Å². The van der Waals surface area contributed by atoms with Crippen LogP contribution in [-0.2, 0) is 20.0 Å². The van der Waals surface area contributed by atoms with Crippen LogP contribution in [0.15, 0.2) is 64.4 Å². The van der Waals surface area contributed by atoms with Crippen molar-refractivity contribution in [3.05, 3.63) is 99.0 Å². The molecule has 1 aromatic heterocycles. The Morgan fingerprint density at radius 2 is 1.96 bits per heavy atom. The summed E-state index contributed by atoms with van der Waals surface area (Å²) in [6.45, 7) is -0.670. The van der Waals surface area contributed by atoms with Gasteiger partial charge in [-0.2, -0.15) is 0 Å². The van der Waals surface area contributed by atoms with E-state index in [0.29, 0.717) is 18.4 Å². The molecule has 14 heteroatoms. The third-order valence-electron chi connectivity index (χ3n) is 8.87. The number of carbonyl (C=O) groups excluding carboxylic acids is 2. The van der Waals surface area contributed by atoms with E-state index in [4.69, 9.17) is 18.9 Å². The molecular formula is C32H29F2N3O8S. The molecule has 11 nitrogen and oxygen atoms in total. The van der Waals surface area contributed by atoms with E-state index in [1.807, 2.05) is 35.4 Å². The van der Waals surface area contributed by atoms with Gasteiger partial charge in [0.1, 0.15) is 25.1 Å². The van der Waals surface area contributed by atoms with E-state index >= 15 is 8.78 Å². The Bertz CT molecular complexity index is 1830. The van der Waals surface area contributed by atoms with Crippen LogP contribution in [0.3, 0.4) is 0 Å². The van der Waals surface area contributed by atoms with Crippen LogP contribution in [0.5, 0.6) is 11.5 Å². The van der Waals surface area contributed by atoms with Gasteiger partial charge in [-0.25, -0.2) is 13.6 Å². The molecule has 0 N–H and O–H groups in total. The number of halogens is 2. The van der Waals surface area contributed by atoms with Gasteiger partial charge in [0.25, 0.3) is 5.91 Å². The molecule has 1 unspecified atom stereocenters. The number of methoxy groups -OCH3 is 2. The summed E-state index contributed by atoms with van der Waals surface area (Å²) in [4.78, 5) is 41.9. The van der Waals surface area contributed by atoms with Gasteiger partial charge >= 0.3 is 6.16 Å². The summed E-state index contributed by atoms with van der Waals surface area (Å²) in [6.07, 6.45) is 4.81. The molecule has 2 bridgehead atoms. The number of carbonyl (C=O) groups is 2. The van der Waals surface area contributed by atoms with Crippen molar-refractivity contribution in [1.82, 2.24) is 9.58 Å². The Hall–Kier alpha value is -4.56. The fourth-order valence-electron chi connectivity index (χ4n) is 6.64.